The smallest absolute Gasteiger partial charge is 0.341 e. The Labute approximate surface area is 255 Å². The molecule has 1 aromatic heterocycles. The van der Waals surface area contributed by atoms with Gasteiger partial charge in [-0.05, 0) is 89.5 Å². The SMILES string of the molecule is CCOC(=O)c1c(NC(=O)C(=O)NN=Cc2cc(Br)c(OCc3cccc(Cl)c3)c(OC)c2)sc2c1CCCCC2. The number of hydrogen-bond donors (Lipinski definition) is 2. The number of nitrogens with zero attached hydrogens (tertiary/aromatic N) is 1. The summed E-state index contributed by atoms with van der Waals surface area (Å²) in [5.74, 6) is -1.49. The molecule has 2 N–H and O–H groups in total. The van der Waals surface area contributed by atoms with Gasteiger partial charge in [0.2, 0.25) is 0 Å². The maximum Gasteiger partial charge on any atom is 0.341 e. The number of hydrazone groups is 1. The number of fused-ring (bicyclic) bond motifs is 1. The standard InChI is InChI=1S/C29H29BrClN3O6S/c1-3-39-29(37)24-20-10-5-4-6-11-23(20)41-28(24)33-26(35)27(36)34-32-15-18-13-21(30)25(22(14-18)38-2)40-16-17-8-7-9-19(31)12-17/h7-9,12-15H,3-6,10-11,16H2,1-2H3,(H,33,35)(H,34,36). The first-order chi connectivity index (χ1) is 19.8. The normalized spacial score (nSPS) is 12.8. The summed E-state index contributed by atoms with van der Waals surface area (Å²) in [7, 11) is 1.51. The van der Waals surface area contributed by atoms with E-state index in [1.165, 1.54) is 24.7 Å². The summed E-state index contributed by atoms with van der Waals surface area (Å²) in [4.78, 5) is 38.9. The predicted octanol–water partition coefficient (Wildman–Crippen LogP) is 6.29. The zero-order chi connectivity index (χ0) is 29.4. The highest BCUT2D eigenvalue weighted by Gasteiger charge is 2.28. The first-order valence-electron chi connectivity index (χ1n) is 13.0. The summed E-state index contributed by atoms with van der Waals surface area (Å²) in [6.07, 6.45) is 5.96. The predicted molar refractivity (Wildman–Crippen MR) is 162 cm³/mol. The molecule has 1 heterocycles. The Hall–Kier alpha value is -3.41. The van der Waals surface area contributed by atoms with Gasteiger partial charge >= 0.3 is 17.8 Å². The van der Waals surface area contributed by atoms with Crippen molar-refractivity contribution in [3.63, 3.8) is 0 Å². The van der Waals surface area contributed by atoms with Crippen LogP contribution in [-0.2, 0) is 33.8 Å². The molecule has 0 bridgehead atoms. The fourth-order valence-corrected chi connectivity index (χ4v) is 6.42. The molecule has 1 aliphatic rings. The Morgan fingerprint density at radius 3 is 2.68 bits per heavy atom. The highest BCUT2D eigenvalue weighted by atomic mass is 79.9. The minimum absolute atomic E-state index is 0.210. The van der Waals surface area contributed by atoms with Gasteiger partial charge < -0.3 is 19.5 Å². The van der Waals surface area contributed by atoms with Gasteiger partial charge in [0, 0.05) is 9.90 Å². The van der Waals surface area contributed by atoms with Crippen molar-refractivity contribution in [2.45, 2.75) is 45.6 Å². The van der Waals surface area contributed by atoms with Crippen molar-refractivity contribution < 1.29 is 28.6 Å². The topological polar surface area (TPSA) is 115 Å². The summed E-state index contributed by atoms with van der Waals surface area (Å²) in [6.45, 7) is 2.21. The van der Waals surface area contributed by atoms with Gasteiger partial charge in [0.15, 0.2) is 11.5 Å². The van der Waals surface area contributed by atoms with Gasteiger partial charge in [-0.1, -0.05) is 30.2 Å². The van der Waals surface area contributed by atoms with E-state index in [1.54, 1.807) is 25.1 Å². The van der Waals surface area contributed by atoms with Gasteiger partial charge in [-0.15, -0.1) is 11.3 Å². The minimum atomic E-state index is -0.979. The molecule has 12 heteroatoms. The van der Waals surface area contributed by atoms with Crippen molar-refractivity contribution in [2.24, 2.45) is 5.10 Å². The number of methoxy groups -OCH3 is 1. The summed E-state index contributed by atoms with van der Waals surface area (Å²) >= 11 is 10.9. The Morgan fingerprint density at radius 2 is 1.93 bits per heavy atom. The van der Waals surface area contributed by atoms with Crippen molar-refractivity contribution >= 4 is 67.9 Å². The molecule has 0 saturated heterocycles. The third-order valence-electron chi connectivity index (χ3n) is 6.24. The van der Waals surface area contributed by atoms with E-state index < -0.39 is 17.8 Å². The van der Waals surface area contributed by atoms with Crippen LogP contribution in [0.2, 0.25) is 5.02 Å². The third kappa shape index (κ3) is 7.87. The van der Waals surface area contributed by atoms with Gasteiger partial charge in [0.1, 0.15) is 11.6 Å². The first-order valence-corrected chi connectivity index (χ1v) is 15.0. The van der Waals surface area contributed by atoms with Crippen LogP contribution in [0.15, 0.2) is 46.0 Å². The summed E-state index contributed by atoms with van der Waals surface area (Å²) in [5, 5.41) is 7.43. The van der Waals surface area contributed by atoms with Crippen LogP contribution in [0, 0.1) is 0 Å². The van der Waals surface area contributed by atoms with E-state index in [9.17, 15) is 14.4 Å². The van der Waals surface area contributed by atoms with Crippen LogP contribution >= 0.6 is 38.9 Å². The molecule has 3 aromatic rings. The van der Waals surface area contributed by atoms with Crippen LogP contribution < -0.4 is 20.2 Å². The number of benzene rings is 2. The van der Waals surface area contributed by atoms with Crippen LogP contribution in [-0.4, -0.2) is 37.7 Å². The second-order valence-corrected chi connectivity index (χ2v) is 11.5. The summed E-state index contributed by atoms with van der Waals surface area (Å²) in [5.41, 5.74) is 4.94. The van der Waals surface area contributed by atoms with Crippen molar-refractivity contribution in [3.8, 4) is 11.5 Å². The number of hydrogen-bond acceptors (Lipinski definition) is 8. The molecule has 1 aliphatic carbocycles. The quantitative estimate of drug-likeness (QED) is 0.0916. The second kappa shape index (κ2) is 14.5. The van der Waals surface area contributed by atoms with Crippen molar-refractivity contribution in [1.82, 2.24) is 5.43 Å². The molecule has 2 amide bonds. The zero-order valence-electron chi connectivity index (χ0n) is 22.6. The number of thiophene rings is 1. The summed E-state index contributed by atoms with van der Waals surface area (Å²) in [6, 6.07) is 10.8. The number of ether oxygens (including phenoxy) is 3. The van der Waals surface area contributed by atoms with E-state index in [0.717, 1.165) is 48.1 Å². The van der Waals surface area contributed by atoms with Gasteiger partial charge in [-0.25, -0.2) is 10.2 Å². The average Bonchev–Trinajstić information content (AvgIpc) is 3.12. The van der Waals surface area contributed by atoms with Crippen molar-refractivity contribution in [1.29, 1.82) is 0 Å². The molecule has 41 heavy (non-hydrogen) atoms. The Balaban J connectivity index is 1.41. The lowest BCUT2D eigenvalue weighted by Gasteiger charge is -2.13. The Morgan fingerprint density at radius 1 is 1.12 bits per heavy atom. The fourth-order valence-electron chi connectivity index (χ4n) is 4.36. The molecule has 0 saturated carbocycles. The van der Waals surface area contributed by atoms with Crippen LogP contribution in [0.3, 0.4) is 0 Å². The van der Waals surface area contributed by atoms with E-state index >= 15 is 0 Å². The van der Waals surface area contributed by atoms with E-state index in [0.29, 0.717) is 37.1 Å². The van der Waals surface area contributed by atoms with Crippen molar-refractivity contribution in [3.05, 3.63) is 73.0 Å². The molecule has 0 aliphatic heterocycles. The second-order valence-electron chi connectivity index (χ2n) is 9.10. The first kappa shape index (κ1) is 30.5. The van der Waals surface area contributed by atoms with Gasteiger partial charge in [0.05, 0.1) is 30.0 Å². The van der Waals surface area contributed by atoms with Crippen LogP contribution in [0.4, 0.5) is 5.00 Å². The lowest BCUT2D eigenvalue weighted by atomic mass is 10.1. The molecule has 4 rings (SSSR count). The minimum Gasteiger partial charge on any atom is -0.493 e. The highest BCUT2D eigenvalue weighted by Crippen LogP contribution is 2.38. The lowest BCUT2D eigenvalue weighted by molar-refractivity contribution is -0.136. The van der Waals surface area contributed by atoms with Crippen LogP contribution in [0.5, 0.6) is 11.5 Å². The number of nitrogens with one attached hydrogen (secondary N) is 2. The molecule has 0 atom stereocenters. The molecule has 0 radical (unpaired) electrons. The molecule has 2 aromatic carbocycles. The molecule has 9 nitrogen and oxygen atoms in total. The van der Waals surface area contributed by atoms with Gasteiger partial charge in [-0.2, -0.15) is 5.10 Å². The number of carbonyl (C=O) groups is 3. The number of esters is 1. The molecule has 216 valence electrons. The maximum absolute atomic E-state index is 12.7. The summed E-state index contributed by atoms with van der Waals surface area (Å²) < 4.78 is 17.2. The van der Waals surface area contributed by atoms with Gasteiger partial charge in [0.25, 0.3) is 0 Å². The number of carbonyl (C=O) groups excluding carboxylic acids is 3. The Kier molecular flexibility index (Phi) is 10.8. The lowest BCUT2D eigenvalue weighted by Crippen LogP contribution is -2.32. The van der Waals surface area contributed by atoms with E-state index in [2.05, 4.69) is 31.8 Å². The molecule has 0 fully saturated rings. The van der Waals surface area contributed by atoms with Crippen LogP contribution in [0.1, 0.15) is 58.1 Å². The van der Waals surface area contributed by atoms with Crippen molar-refractivity contribution in [2.75, 3.05) is 19.0 Å². The fraction of sp³-hybridized carbons (Fsp3) is 0.310. The van der Waals surface area contributed by atoms with Crippen LogP contribution in [0.25, 0.3) is 0 Å². The number of rotatable bonds is 9. The number of halogens is 2. The average molecular weight is 663 g/mol. The number of aryl methyl sites for hydroxylation is 1. The monoisotopic (exact) mass is 661 g/mol. The highest BCUT2D eigenvalue weighted by molar-refractivity contribution is 9.10. The number of amides is 2. The van der Waals surface area contributed by atoms with E-state index in [-0.39, 0.29) is 13.2 Å². The largest absolute Gasteiger partial charge is 0.493 e. The molecule has 0 spiro atoms. The van der Waals surface area contributed by atoms with E-state index in [4.69, 9.17) is 25.8 Å². The number of anilines is 1. The molecular formula is C29H29BrClN3O6S. The Bertz CT molecular complexity index is 1470. The molecular weight excluding hydrogens is 634 g/mol. The molecule has 0 unspecified atom stereocenters. The zero-order valence-corrected chi connectivity index (χ0v) is 25.7. The van der Waals surface area contributed by atoms with E-state index in [1.807, 2.05) is 18.2 Å². The maximum atomic E-state index is 12.7. The van der Waals surface area contributed by atoms with Gasteiger partial charge in [-0.3, -0.25) is 9.59 Å². The third-order valence-corrected chi connectivity index (χ3v) is 8.27.